The number of carbonyl (C=O) groups excluding carboxylic acids is 1. The highest BCUT2D eigenvalue weighted by Crippen LogP contribution is 2.28. The summed E-state index contributed by atoms with van der Waals surface area (Å²) in [7, 11) is 0. The molecule has 0 saturated carbocycles. The first-order valence-corrected chi connectivity index (χ1v) is 7.97. The number of rotatable bonds is 6. The average Bonchev–Trinajstić information content (AvgIpc) is 2.93. The number of nitrogens with zero attached hydrogens (tertiary/aromatic N) is 1. The number of likely N-dealkylation sites (tertiary alicyclic amines) is 1. The largest absolute Gasteiger partial charge is 0.494 e. The second-order valence-electron chi connectivity index (χ2n) is 6.06. The Hall–Kier alpha value is -1.75. The summed E-state index contributed by atoms with van der Waals surface area (Å²) in [5.74, 6) is 0.829. The van der Waals surface area contributed by atoms with Crippen molar-refractivity contribution in [3.05, 3.63) is 29.8 Å². The summed E-state index contributed by atoms with van der Waals surface area (Å²) in [6.45, 7) is 5.85. The number of hydrogen-bond donors (Lipinski definition) is 2. The van der Waals surface area contributed by atoms with Gasteiger partial charge in [0.25, 0.3) is 0 Å². The zero-order chi connectivity index (χ0) is 16.0. The summed E-state index contributed by atoms with van der Waals surface area (Å²) >= 11 is 0. The third-order valence-electron chi connectivity index (χ3n) is 4.15. The Morgan fingerprint density at radius 3 is 3.05 bits per heavy atom. The summed E-state index contributed by atoms with van der Waals surface area (Å²) in [6, 6.07) is 7.65. The Morgan fingerprint density at radius 1 is 1.50 bits per heavy atom. The third-order valence-corrected chi connectivity index (χ3v) is 4.15. The van der Waals surface area contributed by atoms with Gasteiger partial charge >= 0.3 is 6.03 Å². The molecule has 1 heterocycles. The van der Waals surface area contributed by atoms with Crippen LogP contribution in [-0.4, -0.2) is 41.3 Å². The maximum absolute atomic E-state index is 12.3. The Labute approximate surface area is 132 Å². The molecule has 2 N–H and O–H groups in total. The molecule has 1 saturated heterocycles. The van der Waals surface area contributed by atoms with Gasteiger partial charge < -0.3 is 20.1 Å². The van der Waals surface area contributed by atoms with Gasteiger partial charge in [-0.05, 0) is 43.9 Å². The third kappa shape index (κ3) is 3.91. The minimum Gasteiger partial charge on any atom is -0.494 e. The van der Waals surface area contributed by atoms with Crippen LogP contribution >= 0.6 is 0 Å². The van der Waals surface area contributed by atoms with Gasteiger partial charge in [0.2, 0.25) is 0 Å². The van der Waals surface area contributed by atoms with Gasteiger partial charge in [0.1, 0.15) is 5.75 Å². The Balaban J connectivity index is 1.91. The topological polar surface area (TPSA) is 61.8 Å². The first-order chi connectivity index (χ1) is 10.6. The van der Waals surface area contributed by atoms with Crippen molar-refractivity contribution in [2.75, 3.05) is 19.8 Å². The fourth-order valence-electron chi connectivity index (χ4n) is 2.77. The van der Waals surface area contributed by atoms with Gasteiger partial charge in [-0.1, -0.05) is 19.1 Å². The van der Waals surface area contributed by atoms with Crippen molar-refractivity contribution in [2.24, 2.45) is 0 Å². The van der Waals surface area contributed by atoms with E-state index in [2.05, 4.69) is 12.2 Å². The van der Waals surface area contributed by atoms with Crippen molar-refractivity contribution in [1.29, 1.82) is 0 Å². The molecule has 0 spiro atoms. The Kier molecular flexibility index (Phi) is 5.66. The van der Waals surface area contributed by atoms with Gasteiger partial charge in [0.05, 0.1) is 18.8 Å². The molecular formula is C17H26N2O3. The molecule has 22 heavy (non-hydrogen) atoms. The van der Waals surface area contributed by atoms with Crippen molar-refractivity contribution < 1.29 is 14.6 Å². The summed E-state index contributed by atoms with van der Waals surface area (Å²) in [5, 5.41) is 12.4. The van der Waals surface area contributed by atoms with Crippen LogP contribution in [0.4, 0.5) is 4.79 Å². The van der Waals surface area contributed by atoms with Gasteiger partial charge in [0, 0.05) is 13.1 Å². The second kappa shape index (κ2) is 7.49. The smallest absolute Gasteiger partial charge is 0.318 e. The fraction of sp³-hybridized carbons (Fsp3) is 0.588. The number of amides is 2. The fourth-order valence-corrected chi connectivity index (χ4v) is 2.77. The van der Waals surface area contributed by atoms with Gasteiger partial charge in [-0.3, -0.25) is 0 Å². The molecule has 1 aliphatic heterocycles. The maximum Gasteiger partial charge on any atom is 0.318 e. The number of hydrogen-bond acceptors (Lipinski definition) is 3. The van der Waals surface area contributed by atoms with Crippen molar-refractivity contribution in [1.82, 2.24) is 10.2 Å². The molecule has 0 aromatic heterocycles. The van der Waals surface area contributed by atoms with Gasteiger partial charge in [-0.25, -0.2) is 4.79 Å². The standard InChI is InChI=1S/C17H26N2O3/c1-3-10-22-15-7-4-6-14(11-15)12-18-16(21)19-9-5-8-17(19,2)13-20/h4,6-7,11,20H,3,5,8-10,12-13H2,1-2H3,(H,18,21)/t17-/m0/s1. The zero-order valence-corrected chi connectivity index (χ0v) is 13.5. The van der Waals surface area contributed by atoms with E-state index in [-0.39, 0.29) is 12.6 Å². The molecule has 5 heteroatoms. The monoisotopic (exact) mass is 306 g/mol. The second-order valence-corrected chi connectivity index (χ2v) is 6.06. The molecule has 0 bridgehead atoms. The van der Waals surface area contributed by atoms with E-state index in [1.54, 1.807) is 4.90 Å². The minimum absolute atomic E-state index is 0.000757. The molecule has 1 fully saturated rings. The molecule has 0 radical (unpaired) electrons. The molecule has 2 rings (SSSR count). The van der Waals surface area contributed by atoms with E-state index in [9.17, 15) is 9.90 Å². The number of aliphatic hydroxyl groups excluding tert-OH is 1. The summed E-state index contributed by atoms with van der Waals surface area (Å²) in [5.41, 5.74) is 0.572. The average molecular weight is 306 g/mol. The van der Waals surface area contributed by atoms with Crippen LogP contribution in [0.2, 0.25) is 0 Å². The SMILES string of the molecule is CCCOc1cccc(CNC(=O)N2CCC[C@@]2(C)CO)c1. The molecule has 0 unspecified atom stereocenters. The van der Waals surface area contributed by atoms with Gasteiger partial charge in [-0.2, -0.15) is 0 Å². The molecular weight excluding hydrogens is 280 g/mol. The number of benzene rings is 1. The van der Waals surface area contributed by atoms with Gasteiger partial charge in [0.15, 0.2) is 0 Å². The molecule has 1 aromatic carbocycles. The number of ether oxygens (including phenoxy) is 1. The van der Waals surface area contributed by atoms with Crippen molar-refractivity contribution in [2.45, 2.75) is 45.2 Å². The number of aliphatic hydroxyl groups is 1. The molecule has 1 atom stereocenters. The molecule has 1 aliphatic rings. The first kappa shape index (κ1) is 16.6. The van der Waals surface area contributed by atoms with Crippen LogP contribution in [0.1, 0.15) is 38.7 Å². The van der Waals surface area contributed by atoms with Crippen LogP contribution in [-0.2, 0) is 6.54 Å². The summed E-state index contributed by atoms with van der Waals surface area (Å²) in [4.78, 5) is 14.1. The molecule has 1 aromatic rings. The molecule has 0 aliphatic carbocycles. The lowest BCUT2D eigenvalue weighted by atomic mass is 10.0. The molecule has 5 nitrogen and oxygen atoms in total. The zero-order valence-electron chi connectivity index (χ0n) is 13.5. The summed E-state index contributed by atoms with van der Waals surface area (Å²) in [6.07, 6.45) is 2.75. The highest BCUT2D eigenvalue weighted by atomic mass is 16.5. The van der Waals surface area contributed by atoms with Crippen LogP contribution in [0.3, 0.4) is 0 Å². The highest BCUT2D eigenvalue weighted by molar-refractivity contribution is 5.75. The maximum atomic E-state index is 12.3. The number of nitrogens with one attached hydrogen (secondary N) is 1. The first-order valence-electron chi connectivity index (χ1n) is 7.97. The molecule has 2 amide bonds. The van der Waals surface area contributed by atoms with E-state index in [1.807, 2.05) is 31.2 Å². The van der Waals surface area contributed by atoms with E-state index in [0.29, 0.717) is 19.7 Å². The van der Waals surface area contributed by atoms with Crippen LogP contribution in [0.25, 0.3) is 0 Å². The van der Waals surface area contributed by atoms with E-state index < -0.39 is 5.54 Å². The quantitative estimate of drug-likeness (QED) is 0.849. The van der Waals surface area contributed by atoms with Crippen LogP contribution in [0, 0.1) is 0 Å². The lowest BCUT2D eigenvalue weighted by Crippen LogP contribution is -2.51. The Bertz CT molecular complexity index is 506. The van der Waals surface area contributed by atoms with Crippen LogP contribution in [0.5, 0.6) is 5.75 Å². The predicted octanol–water partition coefficient (Wildman–Crippen LogP) is 2.53. The van der Waals surface area contributed by atoms with Crippen molar-refractivity contribution >= 4 is 6.03 Å². The van der Waals surface area contributed by atoms with Gasteiger partial charge in [-0.15, -0.1) is 0 Å². The Morgan fingerprint density at radius 2 is 2.32 bits per heavy atom. The van der Waals surface area contributed by atoms with E-state index >= 15 is 0 Å². The minimum atomic E-state index is -0.434. The van der Waals surface area contributed by atoms with Crippen LogP contribution < -0.4 is 10.1 Å². The van der Waals surface area contributed by atoms with Crippen LogP contribution in [0.15, 0.2) is 24.3 Å². The van der Waals surface area contributed by atoms with E-state index in [0.717, 1.165) is 30.6 Å². The number of carbonyl (C=O) groups is 1. The van der Waals surface area contributed by atoms with E-state index in [1.165, 1.54) is 0 Å². The lowest BCUT2D eigenvalue weighted by molar-refractivity contribution is 0.0973. The predicted molar refractivity (Wildman–Crippen MR) is 85.9 cm³/mol. The van der Waals surface area contributed by atoms with E-state index in [4.69, 9.17) is 4.74 Å². The lowest BCUT2D eigenvalue weighted by Gasteiger charge is -2.33. The highest BCUT2D eigenvalue weighted by Gasteiger charge is 2.38. The summed E-state index contributed by atoms with van der Waals surface area (Å²) < 4.78 is 5.60. The van der Waals surface area contributed by atoms with Crippen molar-refractivity contribution in [3.63, 3.8) is 0 Å². The van der Waals surface area contributed by atoms with Crippen molar-refractivity contribution in [3.8, 4) is 5.75 Å². The number of urea groups is 1. The normalized spacial score (nSPS) is 21.0. The molecule has 122 valence electrons.